The van der Waals surface area contributed by atoms with E-state index in [0.717, 1.165) is 18.1 Å². The number of H-pyrrole nitrogens is 2. The summed E-state index contributed by atoms with van der Waals surface area (Å²) in [4.78, 5) is 41.4. The molecule has 2 rings (SSSR count). The van der Waals surface area contributed by atoms with Gasteiger partial charge in [0.05, 0.1) is 6.54 Å². The predicted octanol–water partition coefficient (Wildman–Crippen LogP) is 1.36. The molecule has 1 aromatic heterocycles. The molecule has 0 aliphatic carbocycles. The molecule has 24 heavy (non-hydrogen) atoms. The molecule has 6 nitrogen and oxygen atoms in total. The minimum absolute atomic E-state index is 0.0365. The van der Waals surface area contributed by atoms with Crippen LogP contribution in [-0.4, -0.2) is 33.4 Å². The van der Waals surface area contributed by atoms with Crippen molar-refractivity contribution in [1.29, 1.82) is 0 Å². The summed E-state index contributed by atoms with van der Waals surface area (Å²) in [5, 5.41) is 0. The molecule has 0 fully saturated rings. The number of carbonyl (C=O) groups excluding carboxylic acids is 1. The lowest BCUT2D eigenvalue weighted by atomic mass is 10.2. The average Bonchev–Trinajstić information content (AvgIpc) is 2.57. The van der Waals surface area contributed by atoms with E-state index in [4.69, 9.17) is 0 Å². The Morgan fingerprint density at radius 1 is 1.21 bits per heavy atom. The predicted molar refractivity (Wildman–Crippen MR) is 91.8 cm³/mol. The van der Waals surface area contributed by atoms with Crippen molar-refractivity contribution < 1.29 is 4.79 Å². The Kier molecular flexibility index (Phi) is 5.74. The number of nitrogens with one attached hydrogen (secondary N) is 2. The average molecular weight is 325 g/mol. The molecular formula is C18H19N3O3. The molecule has 0 saturated heterocycles. The van der Waals surface area contributed by atoms with E-state index in [9.17, 15) is 14.4 Å². The van der Waals surface area contributed by atoms with Gasteiger partial charge in [0.25, 0.3) is 11.5 Å². The van der Waals surface area contributed by atoms with E-state index in [1.54, 1.807) is 4.90 Å². The first-order valence-electron chi connectivity index (χ1n) is 7.69. The fraction of sp³-hybridized carbons (Fsp3) is 0.278. The normalized spacial score (nSPS) is 11.2. The fourth-order valence-corrected chi connectivity index (χ4v) is 2.14. The Bertz CT molecular complexity index is 844. The number of nitrogens with zero attached hydrogens (tertiary/aromatic N) is 1. The first-order valence-corrected chi connectivity index (χ1v) is 7.69. The molecule has 1 amide bonds. The van der Waals surface area contributed by atoms with Crippen molar-refractivity contribution >= 4 is 5.91 Å². The van der Waals surface area contributed by atoms with E-state index in [-0.39, 0.29) is 18.3 Å². The third-order valence-electron chi connectivity index (χ3n) is 3.63. The fourth-order valence-electron chi connectivity index (χ4n) is 2.14. The molecule has 2 aromatic rings. The van der Waals surface area contributed by atoms with Crippen LogP contribution < -0.4 is 11.2 Å². The van der Waals surface area contributed by atoms with E-state index in [1.807, 2.05) is 49.2 Å². The number of carbonyl (C=O) groups is 1. The van der Waals surface area contributed by atoms with Gasteiger partial charge in [-0.15, -0.1) is 0 Å². The standard InChI is InChI=1S/C18H19N3O3/c1-3-13(2)21(11-7-10-14-8-5-4-6-9-14)17(23)15-12-16(22)20-18(24)19-15/h4-6,8-9,12-13H,3,11H2,1-2H3,(H2,19,20,22,24)/t13-/m1/s1. The van der Waals surface area contributed by atoms with Gasteiger partial charge in [-0.25, -0.2) is 4.79 Å². The summed E-state index contributed by atoms with van der Waals surface area (Å²) in [6, 6.07) is 10.5. The zero-order valence-corrected chi connectivity index (χ0v) is 13.6. The van der Waals surface area contributed by atoms with Crippen molar-refractivity contribution in [2.45, 2.75) is 26.3 Å². The number of aromatic amines is 2. The first kappa shape index (κ1) is 17.3. The molecule has 1 atom stereocenters. The van der Waals surface area contributed by atoms with Crippen molar-refractivity contribution in [3.05, 3.63) is 68.5 Å². The molecule has 0 bridgehead atoms. The van der Waals surface area contributed by atoms with Gasteiger partial charge in [0.1, 0.15) is 5.69 Å². The van der Waals surface area contributed by atoms with Gasteiger partial charge in [-0.1, -0.05) is 37.0 Å². The molecule has 0 aliphatic heterocycles. The van der Waals surface area contributed by atoms with Crippen LogP contribution in [-0.2, 0) is 0 Å². The lowest BCUT2D eigenvalue weighted by Crippen LogP contribution is -2.40. The summed E-state index contributed by atoms with van der Waals surface area (Å²) in [5.41, 5.74) is -0.490. The Hall–Kier alpha value is -3.07. The summed E-state index contributed by atoms with van der Waals surface area (Å²) >= 11 is 0. The quantitative estimate of drug-likeness (QED) is 0.832. The largest absolute Gasteiger partial charge is 0.326 e. The Balaban J connectivity index is 2.25. The highest BCUT2D eigenvalue weighted by Gasteiger charge is 2.20. The Labute approximate surface area is 139 Å². The molecule has 124 valence electrons. The van der Waals surface area contributed by atoms with Gasteiger partial charge >= 0.3 is 5.69 Å². The second-order valence-corrected chi connectivity index (χ2v) is 5.36. The molecular weight excluding hydrogens is 306 g/mol. The van der Waals surface area contributed by atoms with E-state index in [0.29, 0.717) is 0 Å². The van der Waals surface area contributed by atoms with Crippen LogP contribution in [0.3, 0.4) is 0 Å². The number of hydrogen-bond donors (Lipinski definition) is 2. The minimum Gasteiger partial charge on any atom is -0.324 e. The zero-order valence-electron chi connectivity index (χ0n) is 13.6. The Morgan fingerprint density at radius 2 is 1.92 bits per heavy atom. The number of amides is 1. The van der Waals surface area contributed by atoms with Crippen molar-refractivity contribution in [3.8, 4) is 11.8 Å². The van der Waals surface area contributed by atoms with Gasteiger partial charge in [-0.2, -0.15) is 0 Å². The Morgan fingerprint density at radius 3 is 2.54 bits per heavy atom. The maximum atomic E-state index is 12.6. The third-order valence-corrected chi connectivity index (χ3v) is 3.63. The number of aromatic nitrogens is 2. The van der Waals surface area contributed by atoms with E-state index < -0.39 is 17.2 Å². The molecule has 0 unspecified atom stereocenters. The molecule has 0 saturated carbocycles. The third kappa shape index (κ3) is 4.46. The maximum Gasteiger partial charge on any atom is 0.326 e. The SMILES string of the molecule is CC[C@@H](C)N(CC#Cc1ccccc1)C(=O)c1cc(=O)[nH]c(=O)[nH]1. The van der Waals surface area contributed by atoms with Crippen LogP contribution in [0.5, 0.6) is 0 Å². The first-order chi connectivity index (χ1) is 11.5. The summed E-state index contributed by atoms with van der Waals surface area (Å²) in [7, 11) is 0. The summed E-state index contributed by atoms with van der Waals surface area (Å²) in [6.45, 7) is 4.06. The summed E-state index contributed by atoms with van der Waals surface area (Å²) in [6.07, 6.45) is 0.728. The van der Waals surface area contributed by atoms with Crippen LogP contribution in [0.2, 0.25) is 0 Å². The minimum atomic E-state index is -0.703. The van der Waals surface area contributed by atoms with Gasteiger partial charge in [-0.05, 0) is 25.5 Å². The van der Waals surface area contributed by atoms with Crippen LogP contribution in [0, 0.1) is 11.8 Å². The smallest absolute Gasteiger partial charge is 0.324 e. The molecule has 0 aliphatic rings. The van der Waals surface area contributed by atoms with E-state index in [2.05, 4.69) is 16.8 Å². The second kappa shape index (κ2) is 7.97. The van der Waals surface area contributed by atoms with Crippen molar-refractivity contribution in [3.63, 3.8) is 0 Å². The van der Waals surface area contributed by atoms with Crippen LogP contribution in [0.1, 0.15) is 36.3 Å². The summed E-state index contributed by atoms with van der Waals surface area (Å²) in [5.74, 6) is 5.55. The topological polar surface area (TPSA) is 86.0 Å². The second-order valence-electron chi connectivity index (χ2n) is 5.36. The number of benzene rings is 1. The van der Waals surface area contributed by atoms with Crippen LogP contribution in [0.15, 0.2) is 46.0 Å². The molecule has 0 spiro atoms. The van der Waals surface area contributed by atoms with Crippen molar-refractivity contribution in [2.24, 2.45) is 0 Å². The molecule has 6 heteroatoms. The van der Waals surface area contributed by atoms with Gasteiger partial charge in [0, 0.05) is 17.7 Å². The lowest BCUT2D eigenvalue weighted by molar-refractivity contribution is 0.0709. The highest BCUT2D eigenvalue weighted by Crippen LogP contribution is 2.07. The summed E-state index contributed by atoms with van der Waals surface area (Å²) < 4.78 is 0. The van der Waals surface area contributed by atoms with Gasteiger partial charge in [0.2, 0.25) is 0 Å². The highest BCUT2D eigenvalue weighted by molar-refractivity contribution is 5.92. The maximum absolute atomic E-state index is 12.6. The van der Waals surface area contributed by atoms with Gasteiger partial charge in [-0.3, -0.25) is 14.6 Å². The van der Waals surface area contributed by atoms with Crippen LogP contribution in [0.25, 0.3) is 0 Å². The zero-order chi connectivity index (χ0) is 17.5. The van der Waals surface area contributed by atoms with Gasteiger partial charge in [0.15, 0.2) is 0 Å². The van der Waals surface area contributed by atoms with Gasteiger partial charge < -0.3 is 9.88 Å². The highest BCUT2D eigenvalue weighted by atomic mass is 16.2. The molecule has 2 N–H and O–H groups in total. The lowest BCUT2D eigenvalue weighted by Gasteiger charge is -2.26. The van der Waals surface area contributed by atoms with Crippen molar-refractivity contribution in [2.75, 3.05) is 6.54 Å². The molecule has 1 heterocycles. The van der Waals surface area contributed by atoms with Crippen molar-refractivity contribution in [1.82, 2.24) is 14.9 Å². The van der Waals surface area contributed by atoms with E-state index in [1.165, 1.54) is 0 Å². The number of hydrogen-bond acceptors (Lipinski definition) is 3. The van der Waals surface area contributed by atoms with Crippen LogP contribution in [0.4, 0.5) is 0 Å². The van der Waals surface area contributed by atoms with E-state index >= 15 is 0 Å². The molecule has 1 aromatic carbocycles. The monoisotopic (exact) mass is 325 g/mol. The number of rotatable bonds is 4. The van der Waals surface area contributed by atoms with Crippen LogP contribution >= 0.6 is 0 Å². The molecule has 0 radical (unpaired) electrons.